The molecule has 0 aromatic heterocycles. The first-order chi connectivity index (χ1) is 9.19. The van der Waals surface area contributed by atoms with Crippen LogP contribution in [0.5, 0.6) is 0 Å². The van der Waals surface area contributed by atoms with Gasteiger partial charge in [0, 0.05) is 34.2 Å². The Kier molecular flexibility index (Phi) is 4.32. The van der Waals surface area contributed by atoms with E-state index in [1.807, 2.05) is 42.5 Å². The summed E-state index contributed by atoms with van der Waals surface area (Å²) >= 11 is 0. The second-order valence-electron chi connectivity index (χ2n) is 4.14. The van der Waals surface area contributed by atoms with Gasteiger partial charge in [0.15, 0.2) is 0 Å². The van der Waals surface area contributed by atoms with Crippen molar-refractivity contribution in [2.24, 2.45) is 0 Å². The fourth-order valence-electron chi connectivity index (χ4n) is 1.70. The number of nitrogens with one attached hydrogen (secondary N) is 1. The van der Waals surface area contributed by atoms with Crippen molar-refractivity contribution in [2.75, 3.05) is 11.6 Å². The Hall–Kier alpha value is -2.12. The maximum absolute atomic E-state index is 11.3. The molecule has 2 aromatic carbocycles. The topological polar surface area (TPSA) is 52.9 Å². The van der Waals surface area contributed by atoms with Crippen LogP contribution in [0.25, 0.3) is 0 Å². The molecule has 0 saturated carbocycles. The summed E-state index contributed by atoms with van der Waals surface area (Å²) in [5, 5.41) is 12.1. The number of nitriles is 1. The summed E-state index contributed by atoms with van der Waals surface area (Å²) in [5.41, 5.74) is 2.67. The number of rotatable bonds is 4. The highest BCUT2D eigenvalue weighted by atomic mass is 32.2. The van der Waals surface area contributed by atoms with Gasteiger partial charge in [-0.3, -0.25) is 4.21 Å². The van der Waals surface area contributed by atoms with Crippen molar-refractivity contribution in [1.82, 2.24) is 0 Å². The van der Waals surface area contributed by atoms with Crippen LogP contribution in [0.1, 0.15) is 11.1 Å². The summed E-state index contributed by atoms with van der Waals surface area (Å²) in [7, 11) is -0.938. The highest BCUT2D eigenvalue weighted by molar-refractivity contribution is 7.84. The van der Waals surface area contributed by atoms with Crippen molar-refractivity contribution in [3.05, 3.63) is 59.7 Å². The first-order valence-electron chi connectivity index (χ1n) is 5.85. The maximum Gasteiger partial charge on any atom is 0.0992 e. The fourth-order valence-corrected chi connectivity index (χ4v) is 2.22. The molecule has 2 aromatic rings. The third-order valence-corrected chi connectivity index (χ3v) is 3.68. The SMILES string of the molecule is C[S@](=O)c1ccc(CNc2cccc(C#N)c2)cc1. The van der Waals surface area contributed by atoms with Crippen LogP contribution in [0.15, 0.2) is 53.4 Å². The number of hydrogen-bond donors (Lipinski definition) is 1. The van der Waals surface area contributed by atoms with Crippen LogP contribution in [0, 0.1) is 11.3 Å². The van der Waals surface area contributed by atoms with Crippen LogP contribution in [0.2, 0.25) is 0 Å². The third kappa shape index (κ3) is 3.67. The van der Waals surface area contributed by atoms with E-state index in [2.05, 4.69) is 11.4 Å². The second kappa shape index (κ2) is 6.17. The average Bonchev–Trinajstić information content (AvgIpc) is 2.46. The molecule has 4 heteroatoms. The number of nitrogens with zero attached hydrogens (tertiary/aromatic N) is 1. The van der Waals surface area contributed by atoms with E-state index in [1.54, 1.807) is 12.3 Å². The van der Waals surface area contributed by atoms with Gasteiger partial charge in [0.1, 0.15) is 0 Å². The first-order valence-corrected chi connectivity index (χ1v) is 7.41. The lowest BCUT2D eigenvalue weighted by atomic mass is 10.2. The molecule has 1 N–H and O–H groups in total. The molecule has 96 valence electrons. The Balaban J connectivity index is 2.02. The van der Waals surface area contributed by atoms with Gasteiger partial charge >= 0.3 is 0 Å². The summed E-state index contributed by atoms with van der Waals surface area (Å²) in [6.45, 7) is 0.672. The van der Waals surface area contributed by atoms with E-state index in [4.69, 9.17) is 5.26 Å². The average molecular weight is 270 g/mol. The van der Waals surface area contributed by atoms with Gasteiger partial charge in [0.2, 0.25) is 0 Å². The number of anilines is 1. The van der Waals surface area contributed by atoms with Crippen molar-refractivity contribution in [3.8, 4) is 6.07 Å². The Morgan fingerprint density at radius 1 is 1.21 bits per heavy atom. The van der Waals surface area contributed by atoms with Crippen LogP contribution >= 0.6 is 0 Å². The molecule has 0 spiro atoms. The standard InChI is InChI=1S/C15H14N2OS/c1-19(18)15-7-5-12(6-8-15)11-17-14-4-2-3-13(9-14)10-16/h2-9,17H,11H2,1H3/t19-/m0/s1. The third-order valence-electron chi connectivity index (χ3n) is 2.74. The normalized spacial score (nSPS) is 11.6. The highest BCUT2D eigenvalue weighted by Crippen LogP contribution is 2.13. The van der Waals surface area contributed by atoms with Gasteiger partial charge < -0.3 is 5.32 Å². The zero-order chi connectivity index (χ0) is 13.7. The van der Waals surface area contributed by atoms with Gasteiger partial charge in [0.05, 0.1) is 11.6 Å². The monoisotopic (exact) mass is 270 g/mol. The molecule has 0 fully saturated rings. The largest absolute Gasteiger partial charge is 0.381 e. The molecule has 0 bridgehead atoms. The Labute approximate surface area is 115 Å². The molecular weight excluding hydrogens is 256 g/mol. The van der Waals surface area contributed by atoms with Crippen molar-refractivity contribution >= 4 is 16.5 Å². The summed E-state index contributed by atoms with van der Waals surface area (Å²) in [6, 6.07) is 17.1. The van der Waals surface area contributed by atoms with Crippen molar-refractivity contribution < 1.29 is 4.21 Å². The van der Waals surface area contributed by atoms with Crippen LogP contribution in [-0.2, 0) is 17.3 Å². The molecule has 0 aliphatic rings. The molecule has 19 heavy (non-hydrogen) atoms. The minimum Gasteiger partial charge on any atom is -0.381 e. The van der Waals surface area contributed by atoms with Gasteiger partial charge in [0.25, 0.3) is 0 Å². The van der Waals surface area contributed by atoms with E-state index in [9.17, 15) is 4.21 Å². The smallest absolute Gasteiger partial charge is 0.0992 e. The maximum atomic E-state index is 11.3. The minimum absolute atomic E-state index is 0.640. The summed E-state index contributed by atoms with van der Waals surface area (Å²) < 4.78 is 11.3. The predicted octanol–water partition coefficient (Wildman–Crippen LogP) is 2.91. The molecule has 0 radical (unpaired) electrons. The molecule has 0 saturated heterocycles. The Morgan fingerprint density at radius 2 is 1.95 bits per heavy atom. The van der Waals surface area contributed by atoms with Gasteiger partial charge in [-0.05, 0) is 35.9 Å². The van der Waals surface area contributed by atoms with E-state index in [-0.39, 0.29) is 0 Å². The minimum atomic E-state index is -0.938. The van der Waals surface area contributed by atoms with E-state index >= 15 is 0 Å². The zero-order valence-electron chi connectivity index (χ0n) is 10.6. The first kappa shape index (κ1) is 13.3. The van der Waals surface area contributed by atoms with Gasteiger partial charge in [-0.15, -0.1) is 0 Å². The molecule has 0 aliphatic heterocycles. The van der Waals surface area contributed by atoms with E-state index < -0.39 is 10.8 Å². The zero-order valence-corrected chi connectivity index (χ0v) is 11.4. The lowest BCUT2D eigenvalue weighted by Gasteiger charge is -2.07. The Bertz CT molecular complexity index is 629. The quantitative estimate of drug-likeness (QED) is 0.929. The molecule has 0 unspecified atom stereocenters. The molecule has 0 aliphatic carbocycles. The van der Waals surface area contributed by atoms with Crippen molar-refractivity contribution in [3.63, 3.8) is 0 Å². The van der Waals surface area contributed by atoms with Crippen LogP contribution < -0.4 is 5.32 Å². The number of benzene rings is 2. The van der Waals surface area contributed by atoms with Gasteiger partial charge in [-0.25, -0.2) is 0 Å². The molecule has 0 heterocycles. The Morgan fingerprint density at radius 3 is 2.58 bits per heavy atom. The lowest BCUT2D eigenvalue weighted by molar-refractivity contribution is 0.687. The van der Waals surface area contributed by atoms with Gasteiger partial charge in [-0.2, -0.15) is 5.26 Å². The van der Waals surface area contributed by atoms with Crippen LogP contribution in [0.3, 0.4) is 0 Å². The lowest BCUT2D eigenvalue weighted by Crippen LogP contribution is -1.99. The molecule has 1 atom stereocenters. The fraction of sp³-hybridized carbons (Fsp3) is 0.133. The van der Waals surface area contributed by atoms with Crippen LogP contribution in [0.4, 0.5) is 5.69 Å². The van der Waals surface area contributed by atoms with E-state index in [0.29, 0.717) is 12.1 Å². The summed E-state index contributed by atoms with van der Waals surface area (Å²) in [5.74, 6) is 0. The second-order valence-corrected chi connectivity index (χ2v) is 5.52. The summed E-state index contributed by atoms with van der Waals surface area (Å²) in [4.78, 5) is 0.829. The van der Waals surface area contributed by atoms with E-state index in [1.165, 1.54) is 0 Å². The van der Waals surface area contributed by atoms with Crippen molar-refractivity contribution in [2.45, 2.75) is 11.4 Å². The molecule has 2 rings (SSSR count). The number of hydrogen-bond acceptors (Lipinski definition) is 3. The molecular formula is C15H14N2OS. The predicted molar refractivity (Wildman–Crippen MR) is 77.3 cm³/mol. The molecule has 0 amide bonds. The summed E-state index contributed by atoms with van der Waals surface area (Å²) in [6.07, 6.45) is 1.67. The highest BCUT2D eigenvalue weighted by Gasteiger charge is 1.99. The molecule has 3 nitrogen and oxygen atoms in total. The van der Waals surface area contributed by atoms with Gasteiger partial charge in [-0.1, -0.05) is 18.2 Å². The van der Waals surface area contributed by atoms with Crippen LogP contribution in [-0.4, -0.2) is 10.5 Å². The van der Waals surface area contributed by atoms with Crippen molar-refractivity contribution in [1.29, 1.82) is 5.26 Å². The van der Waals surface area contributed by atoms with E-state index in [0.717, 1.165) is 16.1 Å².